The number of carbonyl (C=O) groups excluding carboxylic acids is 1. The van der Waals surface area contributed by atoms with Gasteiger partial charge in [0.25, 0.3) is 11.6 Å². The summed E-state index contributed by atoms with van der Waals surface area (Å²) in [6, 6.07) is 4.98. The first-order valence-electron chi connectivity index (χ1n) is 5.70. The molecule has 1 aromatic carbocycles. The maximum Gasteiger partial charge on any atom is 0.323 e. The molecule has 0 heterocycles. The number of hydrogen-bond acceptors (Lipinski definition) is 5. The average molecular weight is 282 g/mol. The summed E-state index contributed by atoms with van der Waals surface area (Å²) in [5.74, 6) is -1.66. The van der Waals surface area contributed by atoms with E-state index in [-0.39, 0.29) is 24.4 Å². The predicted octanol–water partition coefficient (Wildman–Crippen LogP) is 0.768. The number of carbonyl (C=O) groups is 2. The van der Waals surface area contributed by atoms with Gasteiger partial charge in [0.1, 0.15) is 6.54 Å². The van der Waals surface area contributed by atoms with Gasteiger partial charge in [-0.3, -0.25) is 19.7 Å². The molecule has 108 valence electrons. The summed E-state index contributed by atoms with van der Waals surface area (Å²) >= 11 is 0. The van der Waals surface area contributed by atoms with Gasteiger partial charge in [-0.25, -0.2) is 0 Å². The van der Waals surface area contributed by atoms with Crippen molar-refractivity contribution in [1.82, 2.24) is 4.90 Å². The lowest BCUT2D eigenvalue weighted by Crippen LogP contribution is -2.37. The zero-order valence-corrected chi connectivity index (χ0v) is 10.8. The summed E-state index contributed by atoms with van der Waals surface area (Å²) in [5.41, 5.74) is 0.0520. The van der Waals surface area contributed by atoms with Crippen LogP contribution in [0.2, 0.25) is 0 Å². The fourth-order valence-corrected chi connectivity index (χ4v) is 1.53. The number of nitrogens with zero attached hydrogens (tertiary/aromatic N) is 2. The van der Waals surface area contributed by atoms with Crippen LogP contribution in [0.15, 0.2) is 24.3 Å². The second kappa shape index (κ2) is 7.19. The molecule has 0 aliphatic carbocycles. The third-order valence-corrected chi connectivity index (χ3v) is 2.50. The molecule has 0 radical (unpaired) electrons. The predicted molar refractivity (Wildman–Crippen MR) is 68.5 cm³/mol. The van der Waals surface area contributed by atoms with Crippen molar-refractivity contribution in [2.75, 3.05) is 26.8 Å². The van der Waals surface area contributed by atoms with Crippen LogP contribution in [0.3, 0.4) is 0 Å². The van der Waals surface area contributed by atoms with Gasteiger partial charge in [-0.15, -0.1) is 0 Å². The van der Waals surface area contributed by atoms with E-state index in [4.69, 9.17) is 9.84 Å². The normalized spacial score (nSPS) is 10.1. The fraction of sp³-hybridized carbons (Fsp3) is 0.333. The third-order valence-electron chi connectivity index (χ3n) is 2.50. The first-order valence-corrected chi connectivity index (χ1v) is 5.70. The first kappa shape index (κ1) is 15.6. The van der Waals surface area contributed by atoms with Crippen LogP contribution in [0.1, 0.15) is 10.4 Å². The van der Waals surface area contributed by atoms with Gasteiger partial charge in [0.15, 0.2) is 0 Å². The minimum atomic E-state index is -1.14. The van der Waals surface area contributed by atoms with Crippen LogP contribution in [-0.2, 0) is 9.53 Å². The number of nitro groups is 1. The monoisotopic (exact) mass is 282 g/mol. The van der Waals surface area contributed by atoms with Gasteiger partial charge >= 0.3 is 5.97 Å². The number of nitro benzene ring substituents is 1. The molecular weight excluding hydrogens is 268 g/mol. The van der Waals surface area contributed by atoms with Crippen molar-refractivity contribution < 1.29 is 24.4 Å². The summed E-state index contributed by atoms with van der Waals surface area (Å²) in [6.07, 6.45) is 0. The van der Waals surface area contributed by atoms with E-state index in [1.165, 1.54) is 31.4 Å². The SMILES string of the molecule is COCCN(CC(=O)O)C(=O)c1ccc([N+](=O)[O-])cc1. The van der Waals surface area contributed by atoms with Crippen LogP contribution in [0, 0.1) is 10.1 Å². The van der Waals surface area contributed by atoms with Crippen LogP contribution in [0.25, 0.3) is 0 Å². The van der Waals surface area contributed by atoms with Crippen molar-refractivity contribution in [3.8, 4) is 0 Å². The molecule has 1 amide bonds. The topological polar surface area (TPSA) is 110 Å². The number of rotatable bonds is 7. The lowest BCUT2D eigenvalue weighted by atomic mass is 10.2. The summed E-state index contributed by atoms with van der Waals surface area (Å²) in [5, 5.41) is 19.3. The lowest BCUT2D eigenvalue weighted by molar-refractivity contribution is -0.384. The molecule has 0 saturated carbocycles. The second-order valence-electron chi connectivity index (χ2n) is 3.92. The summed E-state index contributed by atoms with van der Waals surface area (Å²) in [4.78, 5) is 33.9. The van der Waals surface area contributed by atoms with Gasteiger partial charge in [0, 0.05) is 31.4 Å². The van der Waals surface area contributed by atoms with E-state index < -0.39 is 23.3 Å². The van der Waals surface area contributed by atoms with E-state index in [2.05, 4.69) is 0 Å². The molecule has 0 atom stereocenters. The second-order valence-corrected chi connectivity index (χ2v) is 3.92. The Hall–Kier alpha value is -2.48. The van der Waals surface area contributed by atoms with Gasteiger partial charge < -0.3 is 14.7 Å². The Morgan fingerprint density at radius 1 is 1.35 bits per heavy atom. The zero-order chi connectivity index (χ0) is 15.1. The quantitative estimate of drug-likeness (QED) is 0.584. The van der Waals surface area contributed by atoms with Gasteiger partial charge in [-0.1, -0.05) is 0 Å². The number of hydrogen-bond donors (Lipinski definition) is 1. The molecule has 20 heavy (non-hydrogen) atoms. The number of methoxy groups -OCH3 is 1. The Morgan fingerprint density at radius 2 is 1.95 bits per heavy atom. The van der Waals surface area contributed by atoms with Crippen molar-refractivity contribution in [3.63, 3.8) is 0 Å². The van der Waals surface area contributed by atoms with E-state index in [1.807, 2.05) is 0 Å². The number of benzene rings is 1. The maximum atomic E-state index is 12.1. The largest absolute Gasteiger partial charge is 0.480 e. The minimum Gasteiger partial charge on any atom is -0.480 e. The molecule has 1 aromatic rings. The molecule has 0 aromatic heterocycles. The maximum absolute atomic E-state index is 12.1. The Balaban J connectivity index is 2.87. The van der Waals surface area contributed by atoms with Crippen molar-refractivity contribution in [3.05, 3.63) is 39.9 Å². The van der Waals surface area contributed by atoms with E-state index in [0.29, 0.717) is 0 Å². The van der Waals surface area contributed by atoms with E-state index in [9.17, 15) is 19.7 Å². The average Bonchev–Trinajstić information content (AvgIpc) is 2.42. The number of carboxylic acid groups (broad SMARTS) is 1. The highest BCUT2D eigenvalue weighted by atomic mass is 16.6. The molecule has 0 aliphatic rings. The molecule has 0 saturated heterocycles. The highest BCUT2D eigenvalue weighted by Crippen LogP contribution is 2.13. The Morgan fingerprint density at radius 3 is 2.40 bits per heavy atom. The summed E-state index contributed by atoms with van der Waals surface area (Å²) < 4.78 is 4.81. The smallest absolute Gasteiger partial charge is 0.323 e. The number of aliphatic carboxylic acids is 1. The Kier molecular flexibility index (Phi) is 5.60. The standard InChI is InChI=1S/C12H14N2O6/c1-20-7-6-13(8-11(15)16)12(17)9-2-4-10(5-3-9)14(18)19/h2-5H,6-8H2,1H3,(H,15,16). The van der Waals surface area contributed by atoms with Crippen LogP contribution >= 0.6 is 0 Å². The molecule has 0 aliphatic heterocycles. The molecule has 8 nitrogen and oxygen atoms in total. The highest BCUT2D eigenvalue weighted by molar-refractivity contribution is 5.96. The molecule has 0 unspecified atom stereocenters. The van der Waals surface area contributed by atoms with Crippen LogP contribution < -0.4 is 0 Å². The minimum absolute atomic E-state index is 0.124. The van der Waals surface area contributed by atoms with Gasteiger partial charge in [0.2, 0.25) is 0 Å². The first-order chi connectivity index (χ1) is 9.45. The van der Waals surface area contributed by atoms with Crippen LogP contribution in [-0.4, -0.2) is 53.6 Å². The van der Waals surface area contributed by atoms with Gasteiger partial charge in [0.05, 0.1) is 11.5 Å². The zero-order valence-electron chi connectivity index (χ0n) is 10.8. The van der Waals surface area contributed by atoms with Crippen molar-refractivity contribution in [2.45, 2.75) is 0 Å². The third kappa shape index (κ3) is 4.32. The van der Waals surface area contributed by atoms with Crippen LogP contribution in [0.5, 0.6) is 0 Å². The molecule has 0 spiro atoms. The Labute approximate surface area is 114 Å². The van der Waals surface area contributed by atoms with Crippen LogP contribution in [0.4, 0.5) is 5.69 Å². The highest BCUT2D eigenvalue weighted by Gasteiger charge is 2.19. The summed E-state index contributed by atoms with van der Waals surface area (Å²) in [6.45, 7) is -0.135. The van der Waals surface area contributed by atoms with E-state index in [0.717, 1.165) is 4.90 Å². The molecule has 0 bridgehead atoms. The molecular formula is C12H14N2O6. The molecule has 8 heteroatoms. The molecule has 1 rings (SSSR count). The summed E-state index contributed by atoms with van der Waals surface area (Å²) in [7, 11) is 1.44. The van der Waals surface area contributed by atoms with Gasteiger partial charge in [-0.05, 0) is 12.1 Å². The number of non-ortho nitro benzene ring substituents is 1. The number of ether oxygens (including phenoxy) is 1. The number of amides is 1. The number of carboxylic acids is 1. The van der Waals surface area contributed by atoms with Crippen molar-refractivity contribution in [2.24, 2.45) is 0 Å². The van der Waals surface area contributed by atoms with E-state index >= 15 is 0 Å². The van der Waals surface area contributed by atoms with Crippen molar-refractivity contribution in [1.29, 1.82) is 0 Å². The lowest BCUT2D eigenvalue weighted by Gasteiger charge is -2.20. The molecule has 1 N–H and O–H groups in total. The van der Waals surface area contributed by atoms with Gasteiger partial charge in [-0.2, -0.15) is 0 Å². The Bertz CT molecular complexity index is 499. The van der Waals surface area contributed by atoms with Crippen molar-refractivity contribution >= 4 is 17.6 Å². The van der Waals surface area contributed by atoms with E-state index in [1.54, 1.807) is 0 Å². The molecule has 0 fully saturated rings. The fourth-order valence-electron chi connectivity index (χ4n) is 1.53.